The van der Waals surface area contributed by atoms with Crippen LogP contribution in [0.15, 0.2) is 18.2 Å². The van der Waals surface area contributed by atoms with E-state index in [-0.39, 0.29) is 12.5 Å². The molecule has 0 aliphatic rings. The fourth-order valence-electron chi connectivity index (χ4n) is 1.46. The summed E-state index contributed by atoms with van der Waals surface area (Å²) >= 11 is 0. The average Bonchev–Trinajstić information content (AvgIpc) is 2.34. The summed E-state index contributed by atoms with van der Waals surface area (Å²) in [5, 5.41) is 2.79. The van der Waals surface area contributed by atoms with Crippen molar-refractivity contribution in [2.24, 2.45) is 5.92 Å². The van der Waals surface area contributed by atoms with Gasteiger partial charge < -0.3 is 15.8 Å². The number of carbonyl (C=O) groups is 1. The topological polar surface area (TPSA) is 64.3 Å². The number of nitrogens with two attached hydrogens (primary N) is 1. The quantitative estimate of drug-likeness (QED) is 0.759. The van der Waals surface area contributed by atoms with E-state index < -0.39 is 0 Å². The number of carbonyl (C=O) groups excluding carboxylic acids is 1. The number of anilines is 1. The summed E-state index contributed by atoms with van der Waals surface area (Å²) in [6, 6.07) is 5.64. The van der Waals surface area contributed by atoms with Crippen molar-refractivity contribution in [3.8, 4) is 5.75 Å². The first-order valence-electron chi connectivity index (χ1n) is 6.30. The number of benzene rings is 1. The average molecular weight is 250 g/mol. The van der Waals surface area contributed by atoms with Crippen LogP contribution in [0.3, 0.4) is 0 Å². The molecule has 0 aliphatic carbocycles. The minimum Gasteiger partial charge on any atom is -0.482 e. The highest BCUT2D eigenvalue weighted by Gasteiger charge is 2.06. The molecule has 0 radical (unpaired) electrons. The van der Waals surface area contributed by atoms with Crippen LogP contribution in [0, 0.1) is 5.92 Å². The number of rotatable bonds is 6. The Morgan fingerprint density at radius 3 is 2.72 bits per heavy atom. The molecule has 0 aliphatic heterocycles. The van der Waals surface area contributed by atoms with Gasteiger partial charge in [-0.15, -0.1) is 0 Å². The molecular weight excluding hydrogens is 228 g/mol. The molecule has 0 atom stereocenters. The summed E-state index contributed by atoms with van der Waals surface area (Å²) in [6.07, 6.45) is 0.930. The zero-order valence-corrected chi connectivity index (χ0v) is 11.3. The molecular formula is C14H22N2O2. The Morgan fingerprint density at radius 2 is 2.17 bits per heavy atom. The molecule has 100 valence electrons. The van der Waals surface area contributed by atoms with Crippen molar-refractivity contribution in [2.75, 3.05) is 18.9 Å². The summed E-state index contributed by atoms with van der Waals surface area (Å²) in [4.78, 5) is 11.5. The fraction of sp³-hybridized carbons (Fsp3) is 0.500. The van der Waals surface area contributed by atoms with Crippen molar-refractivity contribution in [3.05, 3.63) is 23.8 Å². The van der Waals surface area contributed by atoms with Gasteiger partial charge in [0, 0.05) is 6.54 Å². The van der Waals surface area contributed by atoms with Crippen LogP contribution in [0.25, 0.3) is 0 Å². The lowest BCUT2D eigenvalue weighted by molar-refractivity contribution is -0.123. The number of nitrogen functional groups attached to an aromatic ring is 1. The molecule has 1 aromatic rings. The van der Waals surface area contributed by atoms with Gasteiger partial charge in [0.25, 0.3) is 5.91 Å². The van der Waals surface area contributed by atoms with Crippen molar-refractivity contribution >= 4 is 11.6 Å². The summed E-state index contributed by atoms with van der Waals surface area (Å²) < 4.78 is 5.39. The molecule has 0 unspecified atom stereocenters. The maximum atomic E-state index is 11.5. The molecule has 0 spiro atoms. The molecule has 0 saturated carbocycles. The van der Waals surface area contributed by atoms with Gasteiger partial charge >= 0.3 is 0 Å². The maximum Gasteiger partial charge on any atom is 0.257 e. The minimum atomic E-state index is -0.123. The highest BCUT2D eigenvalue weighted by Crippen LogP contribution is 2.22. The van der Waals surface area contributed by atoms with Crippen molar-refractivity contribution in [2.45, 2.75) is 27.2 Å². The SMILES string of the molecule is CCc1ccc(OCC(=O)NCC(C)C)c(N)c1. The van der Waals surface area contributed by atoms with Gasteiger partial charge in [0.2, 0.25) is 0 Å². The largest absolute Gasteiger partial charge is 0.482 e. The van der Waals surface area contributed by atoms with E-state index in [4.69, 9.17) is 10.5 Å². The minimum absolute atomic E-state index is 0.00237. The third-order valence-corrected chi connectivity index (χ3v) is 2.55. The highest BCUT2D eigenvalue weighted by atomic mass is 16.5. The maximum absolute atomic E-state index is 11.5. The van der Waals surface area contributed by atoms with Crippen LogP contribution in [0.1, 0.15) is 26.3 Å². The van der Waals surface area contributed by atoms with E-state index in [1.165, 1.54) is 0 Å². The van der Waals surface area contributed by atoms with E-state index in [1.807, 2.05) is 32.0 Å². The Morgan fingerprint density at radius 1 is 1.44 bits per heavy atom. The first-order chi connectivity index (χ1) is 8.52. The smallest absolute Gasteiger partial charge is 0.257 e. The lowest BCUT2D eigenvalue weighted by atomic mass is 10.1. The van der Waals surface area contributed by atoms with Gasteiger partial charge in [-0.05, 0) is 30.0 Å². The molecule has 1 amide bonds. The number of ether oxygens (including phenoxy) is 1. The number of hydrogen-bond donors (Lipinski definition) is 2. The van der Waals surface area contributed by atoms with Gasteiger partial charge in [0.05, 0.1) is 5.69 Å². The van der Waals surface area contributed by atoms with Crippen LogP contribution in [-0.4, -0.2) is 19.1 Å². The Bertz CT molecular complexity index is 403. The second-order valence-electron chi connectivity index (χ2n) is 4.71. The van der Waals surface area contributed by atoms with Crippen molar-refractivity contribution < 1.29 is 9.53 Å². The van der Waals surface area contributed by atoms with Crippen LogP contribution in [0.2, 0.25) is 0 Å². The summed E-state index contributed by atoms with van der Waals surface area (Å²) in [6.45, 7) is 6.81. The number of aryl methyl sites for hydroxylation is 1. The summed E-state index contributed by atoms with van der Waals surface area (Å²) in [5.41, 5.74) is 7.58. The van der Waals surface area contributed by atoms with Crippen molar-refractivity contribution in [1.82, 2.24) is 5.32 Å². The molecule has 0 heterocycles. The van der Waals surface area contributed by atoms with E-state index in [0.29, 0.717) is 23.9 Å². The van der Waals surface area contributed by atoms with Gasteiger partial charge in [-0.25, -0.2) is 0 Å². The molecule has 3 N–H and O–H groups in total. The van der Waals surface area contributed by atoms with Gasteiger partial charge in [0.15, 0.2) is 6.61 Å². The second kappa shape index (κ2) is 6.89. The number of amides is 1. The van der Waals surface area contributed by atoms with Crippen LogP contribution in [0.4, 0.5) is 5.69 Å². The van der Waals surface area contributed by atoms with Crippen LogP contribution < -0.4 is 15.8 Å². The molecule has 0 fully saturated rings. The monoisotopic (exact) mass is 250 g/mol. The van der Waals surface area contributed by atoms with Crippen molar-refractivity contribution in [1.29, 1.82) is 0 Å². The van der Waals surface area contributed by atoms with E-state index in [2.05, 4.69) is 12.2 Å². The fourth-order valence-corrected chi connectivity index (χ4v) is 1.46. The molecule has 0 bridgehead atoms. The van der Waals surface area contributed by atoms with Gasteiger partial charge in [-0.3, -0.25) is 4.79 Å². The zero-order valence-electron chi connectivity index (χ0n) is 11.3. The number of nitrogens with one attached hydrogen (secondary N) is 1. The van der Waals surface area contributed by atoms with Crippen LogP contribution in [-0.2, 0) is 11.2 Å². The van der Waals surface area contributed by atoms with Gasteiger partial charge in [-0.1, -0.05) is 26.8 Å². The first-order valence-corrected chi connectivity index (χ1v) is 6.30. The van der Waals surface area contributed by atoms with E-state index >= 15 is 0 Å². The molecule has 0 saturated heterocycles. The Labute approximate surface area is 109 Å². The predicted octanol–water partition coefficient (Wildman–Crippen LogP) is 1.98. The number of hydrogen-bond acceptors (Lipinski definition) is 3. The zero-order chi connectivity index (χ0) is 13.5. The molecule has 4 heteroatoms. The molecule has 1 aromatic carbocycles. The normalized spacial score (nSPS) is 10.4. The molecule has 1 rings (SSSR count). The summed E-state index contributed by atoms with van der Waals surface area (Å²) in [5.74, 6) is 0.873. The Balaban J connectivity index is 2.46. The lowest BCUT2D eigenvalue weighted by Gasteiger charge is -2.11. The van der Waals surface area contributed by atoms with E-state index in [1.54, 1.807) is 0 Å². The van der Waals surface area contributed by atoms with Gasteiger partial charge in [0.1, 0.15) is 5.75 Å². The summed E-state index contributed by atoms with van der Waals surface area (Å²) in [7, 11) is 0. The predicted molar refractivity (Wildman–Crippen MR) is 73.6 cm³/mol. The third-order valence-electron chi connectivity index (χ3n) is 2.55. The first kappa shape index (κ1) is 14.4. The Hall–Kier alpha value is -1.71. The highest BCUT2D eigenvalue weighted by molar-refractivity contribution is 5.77. The second-order valence-corrected chi connectivity index (χ2v) is 4.71. The van der Waals surface area contributed by atoms with Gasteiger partial charge in [-0.2, -0.15) is 0 Å². The lowest BCUT2D eigenvalue weighted by Crippen LogP contribution is -2.31. The third kappa shape index (κ3) is 4.65. The standard InChI is InChI=1S/C14H22N2O2/c1-4-11-5-6-13(12(15)7-11)18-9-14(17)16-8-10(2)3/h5-7,10H,4,8-9,15H2,1-3H3,(H,16,17). The van der Waals surface area contributed by atoms with Crippen molar-refractivity contribution in [3.63, 3.8) is 0 Å². The Kier molecular flexibility index (Phi) is 5.49. The molecule has 0 aromatic heterocycles. The molecule has 4 nitrogen and oxygen atoms in total. The van der Waals surface area contributed by atoms with E-state index in [9.17, 15) is 4.79 Å². The van der Waals surface area contributed by atoms with E-state index in [0.717, 1.165) is 12.0 Å². The molecule has 18 heavy (non-hydrogen) atoms. The van der Waals surface area contributed by atoms with Crippen LogP contribution >= 0.6 is 0 Å². The van der Waals surface area contributed by atoms with Crippen LogP contribution in [0.5, 0.6) is 5.75 Å².